The van der Waals surface area contributed by atoms with Gasteiger partial charge in [0.25, 0.3) is 5.91 Å². The van der Waals surface area contributed by atoms with Gasteiger partial charge in [0.2, 0.25) is 0 Å². The molecule has 0 radical (unpaired) electrons. The number of thiophene rings is 1. The van der Waals surface area contributed by atoms with Crippen LogP contribution < -0.4 is 5.32 Å². The van der Waals surface area contributed by atoms with Crippen LogP contribution in [0.4, 0.5) is 0 Å². The Morgan fingerprint density at radius 3 is 2.68 bits per heavy atom. The van der Waals surface area contributed by atoms with Gasteiger partial charge in [-0.25, -0.2) is 4.79 Å². The van der Waals surface area contributed by atoms with E-state index in [1.807, 2.05) is 17.7 Å². The van der Waals surface area contributed by atoms with Gasteiger partial charge >= 0.3 is 5.97 Å². The Morgan fingerprint density at radius 2 is 1.94 bits per heavy atom. The predicted molar refractivity (Wildman–Crippen MR) is 122 cm³/mol. The lowest BCUT2D eigenvalue weighted by Crippen LogP contribution is -2.42. The maximum atomic E-state index is 12.6. The van der Waals surface area contributed by atoms with Crippen molar-refractivity contribution in [2.45, 2.75) is 59.0 Å². The van der Waals surface area contributed by atoms with E-state index in [-0.39, 0.29) is 18.6 Å². The van der Waals surface area contributed by atoms with Gasteiger partial charge in [0.15, 0.2) is 6.61 Å². The van der Waals surface area contributed by atoms with Crippen LogP contribution in [0.5, 0.6) is 0 Å². The van der Waals surface area contributed by atoms with Crippen molar-refractivity contribution in [3.63, 3.8) is 0 Å². The second-order valence-corrected chi connectivity index (χ2v) is 9.60. The van der Waals surface area contributed by atoms with E-state index in [0.717, 1.165) is 40.7 Å². The molecule has 2 aromatic heterocycles. The quantitative estimate of drug-likeness (QED) is 0.569. The molecular formula is C24H29N3O3S. The summed E-state index contributed by atoms with van der Waals surface area (Å²) in [7, 11) is 0. The van der Waals surface area contributed by atoms with Gasteiger partial charge in [-0.2, -0.15) is 5.10 Å². The van der Waals surface area contributed by atoms with E-state index in [2.05, 4.69) is 48.5 Å². The standard InChI is InChI=1S/C24H29N3O3S/c1-15-8-10-18(11-9-15)13-27-23-19(17(3)26-27)12-21(31-23)24(29)30-14-22(28)25-20-7-5-4-6-16(20)2/h8-12,16,20H,4-7,13-14H2,1-3H3,(H,25,28). The van der Waals surface area contributed by atoms with Crippen LogP contribution >= 0.6 is 11.3 Å². The van der Waals surface area contributed by atoms with Crippen LogP contribution in [0.3, 0.4) is 0 Å². The molecule has 3 aromatic rings. The Morgan fingerprint density at radius 1 is 1.19 bits per heavy atom. The number of nitrogens with zero attached hydrogens (tertiary/aromatic N) is 2. The van der Waals surface area contributed by atoms with Crippen molar-refractivity contribution in [1.29, 1.82) is 0 Å². The van der Waals surface area contributed by atoms with E-state index in [0.29, 0.717) is 17.3 Å². The Bertz CT molecular complexity index is 1080. The molecule has 1 aliphatic rings. The summed E-state index contributed by atoms with van der Waals surface area (Å²) in [4.78, 5) is 26.2. The second-order valence-electron chi connectivity index (χ2n) is 8.57. The number of aryl methyl sites for hydroxylation is 2. The van der Waals surface area contributed by atoms with Gasteiger partial charge in [-0.05, 0) is 44.2 Å². The Hall–Kier alpha value is -2.67. The van der Waals surface area contributed by atoms with Crippen LogP contribution in [0.2, 0.25) is 0 Å². The lowest BCUT2D eigenvalue weighted by molar-refractivity contribution is -0.125. The van der Waals surface area contributed by atoms with Crippen molar-refractivity contribution in [1.82, 2.24) is 15.1 Å². The number of hydrogen-bond acceptors (Lipinski definition) is 5. The van der Waals surface area contributed by atoms with Crippen LogP contribution in [0.15, 0.2) is 30.3 Å². The lowest BCUT2D eigenvalue weighted by Gasteiger charge is -2.29. The highest BCUT2D eigenvalue weighted by molar-refractivity contribution is 7.20. The maximum absolute atomic E-state index is 12.6. The molecule has 0 bridgehead atoms. The fourth-order valence-corrected chi connectivity index (χ4v) is 5.22. The zero-order valence-electron chi connectivity index (χ0n) is 18.3. The Balaban J connectivity index is 1.40. The number of fused-ring (bicyclic) bond motifs is 1. The Labute approximate surface area is 186 Å². The fraction of sp³-hybridized carbons (Fsp3) is 0.458. The molecule has 4 rings (SSSR count). The molecule has 6 nitrogen and oxygen atoms in total. The van der Waals surface area contributed by atoms with E-state index in [1.54, 1.807) is 0 Å². The molecule has 2 unspecified atom stereocenters. The normalized spacial score (nSPS) is 18.8. The molecule has 1 N–H and O–H groups in total. The number of ether oxygens (including phenoxy) is 1. The first-order chi connectivity index (χ1) is 14.9. The summed E-state index contributed by atoms with van der Waals surface area (Å²) in [6.07, 6.45) is 4.48. The van der Waals surface area contributed by atoms with Crippen molar-refractivity contribution in [3.8, 4) is 0 Å². The molecule has 31 heavy (non-hydrogen) atoms. The number of nitrogens with one attached hydrogen (secondary N) is 1. The highest BCUT2D eigenvalue weighted by Crippen LogP contribution is 2.29. The zero-order chi connectivity index (χ0) is 22.0. The van der Waals surface area contributed by atoms with Gasteiger partial charge in [0, 0.05) is 11.4 Å². The second kappa shape index (κ2) is 9.22. The molecule has 1 aromatic carbocycles. The molecule has 164 valence electrons. The first-order valence-electron chi connectivity index (χ1n) is 10.9. The molecule has 1 aliphatic carbocycles. The number of amides is 1. The van der Waals surface area contributed by atoms with Crippen molar-refractivity contribution in [2.75, 3.05) is 6.61 Å². The number of rotatable bonds is 6. The number of benzene rings is 1. The van der Waals surface area contributed by atoms with Crippen LogP contribution in [0.1, 0.15) is 59.1 Å². The van der Waals surface area contributed by atoms with E-state index in [1.165, 1.54) is 23.3 Å². The minimum atomic E-state index is -0.464. The fourth-order valence-electron chi connectivity index (χ4n) is 4.17. The van der Waals surface area contributed by atoms with Crippen LogP contribution in [0.25, 0.3) is 10.2 Å². The molecule has 2 atom stereocenters. The largest absolute Gasteiger partial charge is 0.451 e. The summed E-state index contributed by atoms with van der Waals surface area (Å²) >= 11 is 1.36. The van der Waals surface area contributed by atoms with E-state index in [9.17, 15) is 9.59 Å². The van der Waals surface area contributed by atoms with E-state index >= 15 is 0 Å². The first-order valence-corrected chi connectivity index (χ1v) is 11.7. The van der Waals surface area contributed by atoms with Gasteiger partial charge in [-0.15, -0.1) is 11.3 Å². The van der Waals surface area contributed by atoms with Gasteiger partial charge in [-0.3, -0.25) is 9.48 Å². The number of carbonyl (C=O) groups excluding carboxylic acids is 2. The molecule has 0 saturated heterocycles. The van der Waals surface area contributed by atoms with Gasteiger partial charge in [0.05, 0.1) is 12.2 Å². The average Bonchev–Trinajstić information content (AvgIpc) is 3.31. The summed E-state index contributed by atoms with van der Waals surface area (Å²) in [5.41, 5.74) is 3.25. The van der Waals surface area contributed by atoms with E-state index in [4.69, 9.17) is 4.74 Å². The zero-order valence-corrected chi connectivity index (χ0v) is 19.1. The third-order valence-electron chi connectivity index (χ3n) is 6.05. The SMILES string of the molecule is Cc1ccc(Cn2nc(C)c3cc(C(=O)OCC(=O)NC4CCCCC4C)sc32)cc1. The predicted octanol–water partition coefficient (Wildman–Crippen LogP) is 4.61. The molecule has 1 saturated carbocycles. The number of aromatic nitrogens is 2. The van der Waals surface area contributed by atoms with Gasteiger partial charge < -0.3 is 10.1 Å². The van der Waals surface area contributed by atoms with Gasteiger partial charge in [-0.1, -0.05) is 49.6 Å². The summed E-state index contributed by atoms with van der Waals surface area (Å²) in [6, 6.07) is 10.3. The minimum Gasteiger partial charge on any atom is -0.451 e. The van der Waals surface area contributed by atoms with Crippen LogP contribution in [-0.2, 0) is 16.1 Å². The third-order valence-corrected chi connectivity index (χ3v) is 7.18. The van der Waals surface area contributed by atoms with Crippen LogP contribution in [0, 0.1) is 19.8 Å². The smallest absolute Gasteiger partial charge is 0.348 e. The number of carbonyl (C=O) groups is 2. The van der Waals surface area contributed by atoms with Crippen LogP contribution in [-0.4, -0.2) is 34.3 Å². The molecule has 7 heteroatoms. The highest BCUT2D eigenvalue weighted by Gasteiger charge is 2.24. The Kier molecular flexibility index (Phi) is 6.41. The molecule has 0 aliphatic heterocycles. The summed E-state index contributed by atoms with van der Waals surface area (Å²) in [6.45, 7) is 6.56. The molecule has 2 heterocycles. The monoisotopic (exact) mass is 439 g/mol. The summed E-state index contributed by atoms with van der Waals surface area (Å²) in [5.74, 6) is -0.222. The lowest BCUT2D eigenvalue weighted by atomic mass is 9.86. The maximum Gasteiger partial charge on any atom is 0.348 e. The molecule has 1 amide bonds. The first kappa shape index (κ1) is 21.6. The highest BCUT2D eigenvalue weighted by atomic mass is 32.1. The van der Waals surface area contributed by atoms with Gasteiger partial charge in [0.1, 0.15) is 9.71 Å². The minimum absolute atomic E-state index is 0.180. The van der Waals surface area contributed by atoms with Crippen molar-refractivity contribution in [3.05, 3.63) is 52.0 Å². The number of hydrogen-bond donors (Lipinski definition) is 1. The summed E-state index contributed by atoms with van der Waals surface area (Å²) < 4.78 is 7.23. The van der Waals surface area contributed by atoms with Crippen molar-refractivity contribution < 1.29 is 14.3 Å². The third kappa shape index (κ3) is 4.98. The average molecular weight is 440 g/mol. The molecule has 0 spiro atoms. The van der Waals surface area contributed by atoms with E-state index < -0.39 is 5.97 Å². The molecule has 1 fully saturated rings. The number of esters is 1. The molecular weight excluding hydrogens is 410 g/mol. The van der Waals surface area contributed by atoms with Crippen molar-refractivity contribution >= 4 is 33.4 Å². The summed E-state index contributed by atoms with van der Waals surface area (Å²) in [5, 5.41) is 8.59. The van der Waals surface area contributed by atoms with Crippen molar-refractivity contribution in [2.24, 2.45) is 5.92 Å². The topological polar surface area (TPSA) is 73.2 Å².